The molecule has 2 rings (SSSR count). The Morgan fingerprint density at radius 1 is 0.607 bits per heavy atom. The van der Waals surface area contributed by atoms with Gasteiger partial charge in [-0.3, -0.25) is 0 Å². The van der Waals surface area contributed by atoms with E-state index in [0.717, 1.165) is 14.2 Å². The molecule has 0 radical (unpaired) electrons. The lowest BCUT2D eigenvalue weighted by atomic mass is 10.1. The molecule has 0 aliphatic carbocycles. The summed E-state index contributed by atoms with van der Waals surface area (Å²) in [5, 5.41) is 0. The van der Waals surface area contributed by atoms with Gasteiger partial charge in [0, 0.05) is 0 Å². The topological polar surface area (TPSA) is 105 Å². The molecule has 0 saturated heterocycles. The van der Waals surface area contributed by atoms with Crippen molar-refractivity contribution in [1.82, 2.24) is 0 Å². The van der Waals surface area contributed by atoms with Gasteiger partial charge in [0.2, 0.25) is 12.2 Å². The van der Waals surface area contributed by atoms with E-state index in [-0.39, 0.29) is 11.1 Å². The average molecular weight is 386 g/mol. The first-order chi connectivity index (χ1) is 13.5. The number of benzene rings is 2. The summed E-state index contributed by atoms with van der Waals surface area (Å²) < 4.78 is 19.4. The summed E-state index contributed by atoms with van der Waals surface area (Å²) in [4.78, 5) is 49.0. The number of esters is 4. The lowest BCUT2D eigenvalue weighted by molar-refractivity contribution is -0.170. The Kier molecular flexibility index (Phi) is 7.27. The second-order valence-corrected chi connectivity index (χ2v) is 5.43. The summed E-state index contributed by atoms with van der Waals surface area (Å²) in [6.07, 6.45) is -3.70. The van der Waals surface area contributed by atoms with Crippen molar-refractivity contribution in [2.45, 2.75) is 12.2 Å². The van der Waals surface area contributed by atoms with Crippen molar-refractivity contribution in [1.29, 1.82) is 0 Å². The number of carbonyl (C=O) groups is 4. The Labute approximate surface area is 161 Å². The van der Waals surface area contributed by atoms with Crippen LogP contribution in [-0.2, 0) is 28.5 Å². The largest absolute Gasteiger partial charge is 0.466 e. The Morgan fingerprint density at radius 3 is 1.21 bits per heavy atom. The molecule has 0 amide bonds. The van der Waals surface area contributed by atoms with E-state index in [4.69, 9.17) is 9.47 Å². The zero-order valence-corrected chi connectivity index (χ0v) is 15.2. The maximum Gasteiger partial charge on any atom is 0.351 e. The normalized spacial score (nSPS) is 12.2. The van der Waals surface area contributed by atoms with Crippen LogP contribution in [-0.4, -0.2) is 50.3 Å². The van der Waals surface area contributed by atoms with Gasteiger partial charge in [-0.05, 0) is 24.3 Å². The molecule has 146 valence electrons. The predicted molar refractivity (Wildman–Crippen MR) is 95.3 cm³/mol. The molecule has 0 saturated carbocycles. The third kappa shape index (κ3) is 5.16. The molecule has 0 spiro atoms. The Hall–Kier alpha value is -3.68. The van der Waals surface area contributed by atoms with Gasteiger partial charge in [-0.2, -0.15) is 0 Å². The monoisotopic (exact) mass is 386 g/mol. The molecule has 0 fully saturated rings. The first-order valence-electron chi connectivity index (χ1n) is 8.15. The highest BCUT2D eigenvalue weighted by Crippen LogP contribution is 2.15. The molecular formula is C20H18O8. The maximum atomic E-state index is 12.3. The van der Waals surface area contributed by atoms with Crippen molar-refractivity contribution >= 4 is 23.9 Å². The van der Waals surface area contributed by atoms with E-state index < -0.39 is 36.1 Å². The number of ether oxygens (including phenoxy) is 4. The molecule has 0 heterocycles. The maximum absolute atomic E-state index is 12.3. The minimum Gasteiger partial charge on any atom is -0.466 e. The molecule has 0 aromatic heterocycles. The van der Waals surface area contributed by atoms with E-state index in [0.29, 0.717) is 0 Å². The fraction of sp³-hybridized carbons (Fsp3) is 0.200. The van der Waals surface area contributed by atoms with Crippen molar-refractivity contribution in [3.63, 3.8) is 0 Å². The highest BCUT2D eigenvalue weighted by atomic mass is 16.6. The van der Waals surface area contributed by atoms with Crippen LogP contribution in [0, 0.1) is 0 Å². The number of methoxy groups -OCH3 is 2. The summed E-state index contributed by atoms with van der Waals surface area (Å²) in [6, 6.07) is 15.6. The minimum atomic E-state index is -1.85. The van der Waals surface area contributed by atoms with E-state index in [1.165, 1.54) is 24.3 Å². The fourth-order valence-electron chi connectivity index (χ4n) is 2.21. The van der Waals surface area contributed by atoms with Crippen molar-refractivity contribution < 1.29 is 38.1 Å². The van der Waals surface area contributed by atoms with Gasteiger partial charge in [0.25, 0.3) is 0 Å². The molecule has 0 bridgehead atoms. The first-order valence-corrected chi connectivity index (χ1v) is 8.15. The van der Waals surface area contributed by atoms with Crippen molar-refractivity contribution in [2.75, 3.05) is 14.2 Å². The molecule has 0 aliphatic heterocycles. The van der Waals surface area contributed by atoms with E-state index in [9.17, 15) is 19.2 Å². The van der Waals surface area contributed by atoms with Crippen LogP contribution in [0.25, 0.3) is 0 Å². The van der Waals surface area contributed by atoms with Gasteiger partial charge in [-0.25, -0.2) is 19.2 Å². The van der Waals surface area contributed by atoms with Crippen LogP contribution >= 0.6 is 0 Å². The Bertz CT molecular complexity index is 760. The second-order valence-electron chi connectivity index (χ2n) is 5.43. The predicted octanol–water partition coefficient (Wildman–Crippen LogP) is 1.78. The summed E-state index contributed by atoms with van der Waals surface area (Å²) in [5.41, 5.74) is 0.267. The molecule has 8 heteroatoms. The summed E-state index contributed by atoms with van der Waals surface area (Å²) >= 11 is 0. The molecule has 28 heavy (non-hydrogen) atoms. The lowest BCUT2D eigenvalue weighted by Gasteiger charge is -2.23. The molecule has 2 atom stereocenters. The number of carbonyl (C=O) groups excluding carboxylic acids is 4. The average Bonchev–Trinajstić information content (AvgIpc) is 2.75. The van der Waals surface area contributed by atoms with Crippen LogP contribution in [0.3, 0.4) is 0 Å². The number of hydrogen-bond acceptors (Lipinski definition) is 8. The summed E-state index contributed by atoms with van der Waals surface area (Å²) in [7, 11) is 2.08. The smallest absolute Gasteiger partial charge is 0.351 e. The van der Waals surface area contributed by atoms with Gasteiger partial charge in [-0.1, -0.05) is 36.4 Å². The fourth-order valence-corrected chi connectivity index (χ4v) is 2.21. The van der Waals surface area contributed by atoms with E-state index in [1.807, 2.05) is 0 Å². The lowest BCUT2D eigenvalue weighted by Crippen LogP contribution is -2.47. The quantitative estimate of drug-likeness (QED) is 0.524. The third-order valence-electron chi connectivity index (χ3n) is 3.63. The highest BCUT2D eigenvalue weighted by molar-refractivity contribution is 5.95. The summed E-state index contributed by atoms with van der Waals surface area (Å²) in [6.45, 7) is 0. The summed E-state index contributed by atoms with van der Waals surface area (Å²) in [5.74, 6) is -3.97. The van der Waals surface area contributed by atoms with Crippen molar-refractivity contribution in [2.24, 2.45) is 0 Å². The van der Waals surface area contributed by atoms with Crippen LogP contribution in [0.1, 0.15) is 20.7 Å². The van der Waals surface area contributed by atoms with Crippen LogP contribution in [0.15, 0.2) is 60.7 Å². The van der Waals surface area contributed by atoms with Gasteiger partial charge in [0.15, 0.2) is 0 Å². The molecule has 8 nitrogen and oxygen atoms in total. The van der Waals surface area contributed by atoms with E-state index in [2.05, 4.69) is 9.47 Å². The molecule has 0 N–H and O–H groups in total. The number of rotatable bonds is 7. The van der Waals surface area contributed by atoms with Crippen molar-refractivity contribution in [3.05, 3.63) is 71.8 Å². The number of hydrogen-bond donors (Lipinski definition) is 0. The molecular weight excluding hydrogens is 368 g/mol. The van der Waals surface area contributed by atoms with Gasteiger partial charge in [-0.15, -0.1) is 0 Å². The van der Waals surface area contributed by atoms with Gasteiger partial charge < -0.3 is 18.9 Å². The molecule has 0 unspecified atom stereocenters. The van der Waals surface area contributed by atoms with E-state index >= 15 is 0 Å². The Balaban J connectivity index is 2.29. The van der Waals surface area contributed by atoms with Gasteiger partial charge in [0.05, 0.1) is 25.3 Å². The van der Waals surface area contributed by atoms with E-state index in [1.54, 1.807) is 36.4 Å². The molecule has 2 aromatic rings. The second kappa shape index (κ2) is 9.86. The SMILES string of the molecule is COC(=O)[C@@H](OC(=O)c1ccccc1)[C@@H](OC(=O)c1ccccc1)C(=O)OC. The van der Waals surface area contributed by atoms with Crippen LogP contribution in [0.2, 0.25) is 0 Å². The third-order valence-corrected chi connectivity index (χ3v) is 3.63. The zero-order chi connectivity index (χ0) is 20.5. The van der Waals surface area contributed by atoms with Crippen LogP contribution in [0.4, 0.5) is 0 Å². The van der Waals surface area contributed by atoms with Gasteiger partial charge >= 0.3 is 23.9 Å². The van der Waals surface area contributed by atoms with Gasteiger partial charge in [0.1, 0.15) is 0 Å². The van der Waals surface area contributed by atoms with Crippen molar-refractivity contribution in [3.8, 4) is 0 Å². The highest BCUT2D eigenvalue weighted by Gasteiger charge is 2.42. The Morgan fingerprint density at radius 2 is 0.929 bits per heavy atom. The minimum absolute atomic E-state index is 0.134. The zero-order valence-electron chi connectivity index (χ0n) is 15.2. The standard InChI is InChI=1S/C20H18O8/c1-25-19(23)15(27-17(21)13-9-5-3-6-10-13)16(20(24)26-2)28-18(22)14-11-7-4-8-12-14/h3-12,15-16H,1-2H3/t15-,16+. The molecule has 2 aromatic carbocycles. The molecule has 0 aliphatic rings. The van der Waals surface area contributed by atoms with Crippen LogP contribution in [0.5, 0.6) is 0 Å². The first kappa shape index (κ1) is 20.6. The van der Waals surface area contributed by atoms with Crippen LogP contribution < -0.4 is 0 Å².